The topological polar surface area (TPSA) is 83.5 Å². The fourth-order valence-corrected chi connectivity index (χ4v) is 4.22. The number of carbonyl (C=O) groups is 1. The zero-order valence-electron chi connectivity index (χ0n) is 15.4. The van der Waals surface area contributed by atoms with Gasteiger partial charge in [-0.15, -0.1) is 0 Å². The first kappa shape index (κ1) is 18.5. The van der Waals surface area contributed by atoms with Gasteiger partial charge in [-0.1, -0.05) is 24.3 Å². The van der Waals surface area contributed by atoms with Crippen molar-refractivity contribution in [1.29, 1.82) is 0 Å². The van der Waals surface area contributed by atoms with E-state index in [1.165, 1.54) is 10.6 Å². The molecule has 8 heteroatoms. The van der Waals surface area contributed by atoms with E-state index in [1.54, 1.807) is 17.2 Å². The van der Waals surface area contributed by atoms with E-state index in [4.69, 9.17) is 0 Å². The van der Waals surface area contributed by atoms with Crippen LogP contribution in [0, 0.1) is 0 Å². The molecule has 0 N–H and O–H groups in total. The van der Waals surface area contributed by atoms with Gasteiger partial charge in [0.1, 0.15) is 0 Å². The van der Waals surface area contributed by atoms with Crippen molar-refractivity contribution in [2.24, 2.45) is 0 Å². The predicted octanol–water partition coefficient (Wildman–Crippen LogP) is 2.01. The number of piperazine rings is 1. The first-order valence-corrected chi connectivity index (χ1v) is 10.8. The third-order valence-corrected chi connectivity index (χ3v) is 6.17. The summed E-state index contributed by atoms with van der Waals surface area (Å²) >= 11 is 0. The van der Waals surface area contributed by atoms with Crippen molar-refractivity contribution >= 4 is 26.8 Å². The van der Waals surface area contributed by atoms with E-state index in [9.17, 15) is 13.2 Å². The van der Waals surface area contributed by atoms with Gasteiger partial charge in [-0.25, -0.2) is 13.4 Å². The van der Waals surface area contributed by atoms with Crippen LogP contribution in [0.2, 0.25) is 0 Å². The van der Waals surface area contributed by atoms with Crippen LogP contribution >= 0.6 is 0 Å². The first-order chi connectivity index (χ1) is 13.4. The number of sulfonamides is 1. The number of pyridine rings is 2. The van der Waals surface area contributed by atoms with E-state index in [2.05, 4.69) is 9.97 Å². The Morgan fingerprint density at radius 3 is 2.36 bits per heavy atom. The summed E-state index contributed by atoms with van der Waals surface area (Å²) in [6.45, 7) is 1.34. The zero-order chi connectivity index (χ0) is 19.7. The van der Waals surface area contributed by atoms with E-state index in [1.807, 2.05) is 42.5 Å². The second-order valence-electron chi connectivity index (χ2n) is 6.74. The van der Waals surface area contributed by atoms with E-state index in [0.29, 0.717) is 43.1 Å². The van der Waals surface area contributed by atoms with E-state index in [0.717, 1.165) is 10.9 Å². The van der Waals surface area contributed by atoms with Crippen LogP contribution in [-0.2, 0) is 10.0 Å². The number of amides is 1. The van der Waals surface area contributed by atoms with Crippen molar-refractivity contribution in [2.45, 2.75) is 0 Å². The van der Waals surface area contributed by atoms with Gasteiger partial charge in [0.05, 0.1) is 28.7 Å². The highest BCUT2D eigenvalue weighted by molar-refractivity contribution is 7.88. The Bertz CT molecular complexity index is 1120. The number of para-hydroxylation sites is 1. The van der Waals surface area contributed by atoms with E-state index in [-0.39, 0.29) is 5.91 Å². The summed E-state index contributed by atoms with van der Waals surface area (Å²) in [6, 6.07) is 14.9. The van der Waals surface area contributed by atoms with Crippen molar-refractivity contribution in [3.05, 3.63) is 60.3 Å². The third kappa shape index (κ3) is 3.61. The van der Waals surface area contributed by atoms with Gasteiger partial charge in [-0.3, -0.25) is 9.78 Å². The second kappa shape index (κ2) is 7.29. The Labute approximate surface area is 163 Å². The number of benzene rings is 1. The van der Waals surface area contributed by atoms with Crippen molar-refractivity contribution in [2.75, 3.05) is 32.4 Å². The molecular formula is C20H20N4O3S. The summed E-state index contributed by atoms with van der Waals surface area (Å²) in [6.07, 6.45) is 2.89. The van der Waals surface area contributed by atoms with Gasteiger partial charge in [0, 0.05) is 37.8 Å². The summed E-state index contributed by atoms with van der Waals surface area (Å²) < 4.78 is 24.8. The van der Waals surface area contributed by atoms with Gasteiger partial charge in [0.15, 0.2) is 0 Å². The highest BCUT2D eigenvalue weighted by Crippen LogP contribution is 2.25. The molecule has 7 nitrogen and oxygen atoms in total. The van der Waals surface area contributed by atoms with E-state index >= 15 is 0 Å². The predicted molar refractivity (Wildman–Crippen MR) is 107 cm³/mol. The monoisotopic (exact) mass is 396 g/mol. The molecule has 28 heavy (non-hydrogen) atoms. The molecule has 1 fully saturated rings. The maximum atomic E-state index is 13.3. The fraction of sp³-hybridized carbons (Fsp3) is 0.250. The van der Waals surface area contributed by atoms with Crippen LogP contribution < -0.4 is 0 Å². The molecule has 144 valence electrons. The standard InChI is InChI=1S/C20H20N4O3S/c1-28(26,27)24-12-10-23(11-13-24)20(25)16-14-19(18-8-4-5-9-21-18)22-17-7-3-2-6-15(16)17/h2-9,14H,10-13H2,1H3. The quantitative estimate of drug-likeness (QED) is 0.676. The Kier molecular flexibility index (Phi) is 4.82. The van der Waals surface area contributed by atoms with Crippen LogP contribution in [0.4, 0.5) is 0 Å². The lowest BCUT2D eigenvalue weighted by Crippen LogP contribution is -2.50. The van der Waals surface area contributed by atoms with Crippen molar-refractivity contribution in [1.82, 2.24) is 19.2 Å². The number of hydrogen-bond donors (Lipinski definition) is 0. The summed E-state index contributed by atoms with van der Waals surface area (Å²) in [5.74, 6) is -0.121. The van der Waals surface area contributed by atoms with Crippen molar-refractivity contribution in [3.63, 3.8) is 0 Å². The average molecular weight is 396 g/mol. The summed E-state index contributed by atoms with van der Waals surface area (Å²) in [5, 5.41) is 0.776. The van der Waals surface area contributed by atoms with Gasteiger partial charge in [-0.2, -0.15) is 4.31 Å². The Hall–Kier alpha value is -2.84. The second-order valence-corrected chi connectivity index (χ2v) is 8.72. The minimum atomic E-state index is -3.24. The fourth-order valence-electron chi connectivity index (χ4n) is 3.39. The van der Waals surface area contributed by atoms with Gasteiger partial charge in [0.25, 0.3) is 5.91 Å². The number of rotatable bonds is 3. The van der Waals surface area contributed by atoms with Crippen molar-refractivity contribution in [3.8, 4) is 11.4 Å². The molecule has 4 rings (SSSR count). The molecule has 3 aromatic rings. The molecule has 1 amide bonds. The minimum absolute atomic E-state index is 0.121. The normalized spacial score (nSPS) is 15.7. The average Bonchev–Trinajstić information content (AvgIpc) is 2.72. The number of carbonyl (C=O) groups excluding carboxylic acids is 1. The Morgan fingerprint density at radius 2 is 1.68 bits per heavy atom. The number of nitrogens with zero attached hydrogens (tertiary/aromatic N) is 4. The van der Waals surface area contributed by atoms with Gasteiger partial charge in [0.2, 0.25) is 10.0 Å². The number of hydrogen-bond acceptors (Lipinski definition) is 5. The van der Waals surface area contributed by atoms with Gasteiger partial charge in [-0.05, 0) is 24.3 Å². The Balaban J connectivity index is 1.71. The summed E-state index contributed by atoms with van der Waals surface area (Å²) in [5.41, 5.74) is 2.62. The molecule has 3 heterocycles. The molecule has 0 bridgehead atoms. The SMILES string of the molecule is CS(=O)(=O)N1CCN(C(=O)c2cc(-c3ccccn3)nc3ccccc23)CC1. The molecule has 1 saturated heterocycles. The molecule has 2 aromatic heterocycles. The summed E-state index contributed by atoms with van der Waals surface area (Å²) in [4.78, 5) is 24.0. The van der Waals surface area contributed by atoms with E-state index < -0.39 is 10.0 Å². The van der Waals surface area contributed by atoms with Crippen LogP contribution in [0.3, 0.4) is 0 Å². The molecule has 0 spiro atoms. The lowest BCUT2D eigenvalue weighted by molar-refractivity contribution is 0.0700. The molecular weight excluding hydrogens is 376 g/mol. The van der Waals surface area contributed by atoms with Crippen LogP contribution in [-0.4, -0.2) is 65.9 Å². The van der Waals surface area contributed by atoms with Crippen LogP contribution in [0.5, 0.6) is 0 Å². The minimum Gasteiger partial charge on any atom is -0.336 e. The number of fused-ring (bicyclic) bond motifs is 1. The van der Waals surface area contributed by atoms with Crippen LogP contribution in [0.15, 0.2) is 54.7 Å². The van der Waals surface area contributed by atoms with Gasteiger partial charge < -0.3 is 4.90 Å². The largest absolute Gasteiger partial charge is 0.336 e. The molecule has 0 atom stereocenters. The lowest BCUT2D eigenvalue weighted by atomic mass is 10.0. The molecule has 1 aliphatic heterocycles. The zero-order valence-corrected chi connectivity index (χ0v) is 16.3. The van der Waals surface area contributed by atoms with Gasteiger partial charge >= 0.3 is 0 Å². The molecule has 0 aliphatic carbocycles. The van der Waals surface area contributed by atoms with Crippen LogP contribution in [0.25, 0.3) is 22.3 Å². The highest BCUT2D eigenvalue weighted by Gasteiger charge is 2.27. The van der Waals surface area contributed by atoms with Crippen molar-refractivity contribution < 1.29 is 13.2 Å². The smallest absolute Gasteiger partial charge is 0.254 e. The lowest BCUT2D eigenvalue weighted by Gasteiger charge is -2.33. The molecule has 1 aromatic carbocycles. The molecule has 0 unspecified atom stereocenters. The molecule has 1 aliphatic rings. The van der Waals surface area contributed by atoms with Crippen LogP contribution in [0.1, 0.15) is 10.4 Å². The molecule has 0 radical (unpaired) electrons. The summed E-state index contributed by atoms with van der Waals surface area (Å²) in [7, 11) is -3.24. The molecule has 0 saturated carbocycles. The maximum Gasteiger partial charge on any atom is 0.254 e. The highest BCUT2D eigenvalue weighted by atomic mass is 32.2. The number of aromatic nitrogens is 2. The third-order valence-electron chi connectivity index (χ3n) is 4.87. The Morgan fingerprint density at radius 1 is 0.964 bits per heavy atom. The maximum absolute atomic E-state index is 13.3. The first-order valence-electron chi connectivity index (χ1n) is 8.99.